The van der Waals surface area contributed by atoms with Crippen LogP contribution in [0.2, 0.25) is 0 Å². The molecule has 0 aromatic rings. The van der Waals surface area contributed by atoms with Gasteiger partial charge >= 0.3 is 0 Å². The third-order valence-corrected chi connectivity index (χ3v) is 1.72. The first-order valence-electron chi connectivity index (χ1n) is 4.60. The van der Waals surface area contributed by atoms with Crippen molar-refractivity contribution >= 4 is 0 Å². The highest BCUT2D eigenvalue weighted by Crippen LogP contribution is 2.13. The van der Waals surface area contributed by atoms with E-state index in [0.29, 0.717) is 0 Å². The van der Waals surface area contributed by atoms with Crippen molar-refractivity contribution in [1.29, 1.82) is 0 Å². The Morgan fingerprint density at radius 2 is 1.08 bits per heavy atom. The van der Waals surface area contributed by atoms with Crippen molar-refractivity contribution in [3.8, 4) is 0 Å². The maximum atomic E-state index is 2.29. The third-order valence-electron chi connectivity index (χ3n) is 1.72. The van der Waals surface area contributed by atoms with Gasteiger partial charge in [-0.2, -0.15) is 0 Å². The lowest BCUT2D eigenvalue weighted by molar-refractivity contribution is 0.899. The molecule has 0 spiro atoms. The van der Waals surface area contributed by atoms with E-state index in [2.05, 4.69) is 46.8 Å². The maximum Gasteiger partial charge on any atom is -0.0197 e. The van der Waals surface area contributed by atoms with E-state index in [1.165, 1.54) is 17.1 Å². The van der Waals surface area contributed by atoms with E-state index in [0.717, 1.165) is 12.8 Å². The smallest absolute Gasteiger partial charge is 0.0197 e. The molecule has 0 saturated heterocycles. The molecular formula is C12H21. The van der Waals surface area contributed by atoms with Gasteiger partial charge in [0.05, 0.1) is 0 Å². The molecule has 0 atom stereocenters. The average Bonchev–Trinajstić information content (AvgIpc) is 1.96. The van der Waals surface area contributed by atoms with Crippen molar-refractivity contribution in [2.24, 2.45) is 0 Å². The molecule has 0 aliphatic rings. The molecule has 0 rings (SSSR count). The van der Waals surface area contributed by atoms with Crippen molar-refractivity contribution in [2.75, 3.05) is 0 Å². The van der Waals surface area contributed by atoms with Gasteiger partial charge in [0.15, 0.2) is 0 Å². The molecule has 0 amide bonds. The summed E-state index contributed by atoms with van der Waals surface area (Å²) < 4.78 is 0. The summed E-state index contributed by atoms with van der Waals surface area (Å²) in [6, 6.07) is 0. The first-order valence-corrected chi connectivity index (χ1v) is 4.60. The number of hydrogen-bond donors (Lipinski definition) is 0. The quantitative estimate of drug-likeness (QED) is 0.545. The van der Waals surface area contributed by atoms with Gasteiger partial charge in [-0.1, -0.05) is 30.2 Å². The van der Waals surface area contributed by atoms with Crippen LogP contribution in [0.4, 0.5) is 0 Å². The van der Waals surface area contributed by atoms with Gasteiger partial charge in [-0.3, -0.25) is 0 Å². The SMILES string of the molecule is C[C](CC=C(C)C)CC=C(C)C. The monoisotopic (exact) mass is 165 g/mol. The van der Waals surface area contributed by atoms with E-state index in [9.17, 15) is 0 Å². The molecule has 12 heavy (non-hydrogen) atoms. The molecule has 1 radical (unpaired) electrons. The van der Waals surface area contributed by atoms with Crippen LogP contribution in [0.3, 0.4) is 0 Å². The van der Waals surface area contributed by atoms with Gasteiger partial charge in [-0.15, -0.1) is 0 Å². The van der Waals surface area contributed by atoms with Crippen LogP contribution in [0, 0.1) is 5.92 Å². The van der Waals surface area contributed by atoms with E-state index in [-0.39, 0.29) is 0 Å². The van der Waals surface area contributed by atoms with Crippen molar-refractivity contribution in [3.63, 3.8) is 0 Å². The second-order valence-corrected chi connectivity index (χ2v) is 3.93. The number of hydrogen-bond acceptors (Lipinski definition) is 0. The number of rotatable bonds is 4. The third kappa shape index (κ3) is 7.59. The van der Waals surface area contributed by atoms with Crippen LogP contribution in [0.1, 0.15) is 47.5 Å². The fourth-order valence-electron chi connectivity index (χ4n) is 0.840. The minimum atomic E-state index is 1.13. The van der Waals surface area contributed by atoms with E-state index >= 15 is 0 Å². The van der Waals surface area contributed by atoms with Crippen molar-refractivity contribution < 1.29 is 0 Å². The summed E-state index contributed by atoms with van der Waals surface area (Å²) in [5.74, 6) is 1.54. The van der Waals surface area contributed by atoms with E-state index in [1.54, 1.807) is 0 Å². The Morgan fingerprint density at radius 3 is 1.33 bits per heavy atom. The van der Waals surface area contributed by atoms with Crippen LogP contribution in [-0.2, 0) is 0 Å². The summed E-state index contributed by atoms with van der Waals surface area (Å²) in [4.78, 5) is 0. The van der Waals surface area contributed by atoms with E-state index in [1.807, 2.05) is 0 Å². The Hall–Kier alpha value is -0.520. The molecule has 0 N–H and O–H groups in total. The first-order chi connectivity index (χ1) is 5.52. The Balaban J connectivity index is 3.68. The van der Waals surface area contributed by atoms with Crippen molar-refractivity contribution in [3.05, 3.63) is 29.2 Å². The zero-order valence-corrected chi connectivity index (χ0v) is 9.07. The molecule has 0 aromatic carbocycles. The first kappa shape index (κ1) is 11.5. The number of allylic oxidation sites excluding steroid dienone is 4. The fourth-order valence-corrected chi connectivity index (χ4v) is 0.840. The Labute approximate surface area is 77.4 Å². The molecule has 0 saturated carbocycles. The van der Waals surface area contributed by atoms with Crippen LogP contribution in [0.25, 0.3) is 0 Å². The van der Waals surface area contributed by atoms with Gasteiger partial charge in [-0.25, -0.2) is 0 Å². The highest BCUT2D eigenvalue weighted by Gasteiger charge is 1.96. The molecule has 0 unspecified atom stereocenters. The molecule has 0 bridgehead atoms. The van der Waals surface area contributed by atoms with Gasteiger partial charge in [0.1, 0.15) is 0 Å². The molecule has 0 aliphatic heterocycles. The molecule has 0 aliphatic carbocycles. The predicted molar refractivity (Wildman–Crippen MR) is 57.0 cm³/mol. The summed E-state index contributed by atoms with van der Waals surface area (Å²) in [6.07, 6.45) is 6.83. The van der Waals surface area contributed by atoms with Crippen LogP contribution < -0.4 is 0 Å². The van der Waals surface area contributed by atoms with Gasteiger partial charge < -0.3 is 0 Å². The van der Waals surface area contributed by atoms with E-state index < -0.39 is 0 Å². The Morgan fingerprint density at radius 1 is 0.750 bits per heavy atom. The van der Waals surface area contributed by atoms with E-state index in [4.69, 9.17) is 0 Å². The highest BCUT2D eigenvalue weighted by molar-refractivity contribution is 5.06. The lowest BCUT2D eigenvalue weighted by Crippen LogP contribution is -1.87. The summed E-state index contributed by atoms with van der Waals surface area (Å²) in [5, 5.41) is 0. The highest BCUT2D eigenvalue weighted by atomic mass is 14.0. The van der Waals surface area contributed by atoms with Gasteiger partial charge in [-0.05, 0) is 46.5 Å². The van der Waals surface area contributed by atoms with Gasteiger partial charge in [0.25, 0.3) is 0 Å². The normalized spacial score (nSPS) is 9.83. The fraction of sp³-hybridized carbons (Fsp3) is 0.583. The summed E-state index contributed by atoms with van der Waals surface area (Å²) >= 11 is 0. The predicted octanol–water partition coefficient (Wildman–Crippen LogP) is 4.29. The minimum Gasteiger partial charge on any atom is -0.0853 e. The lowest BCUT2D eigenvalue weighted by Gasteiger charge is -2.04. The zero-order valence-electron chi connectivity index (χ0n) is 9.07. The molecule has 0 heterocycles. The van der Waals surface area contributed by atoms with Crippen LogP contribution in [-0.4, -0.2) is 0 Å². The van der Waals surface area contributed by atoms with Crippen LogP contribution in [0.5, 0.6) is 0 Å². The largest absolute Gasteiger partial charge is 0.0853 e. The van der Waals surface area contributed by atoms with Gasteiger partial charge in [0.2, 0.25) is 0 Å². The maximum absolute atomic E-state index is 2.29. The minimum absolute atomic E-state index is 1.13. The second kappa shape index (κ2) is 6.05. The summed E-state index contributed by atoms with van der Waals surface area (Å²) in [6.45, 7) is 10.8. The second-order valence-electron chi connectivity index (χ2n) is 3.93. The van der Waals surface area contributed by atoms with Crippen LogP contribution in [0.15, 0.2) is 23.3 Å². The molecule has 69 valence electrons. The summed E-state index contributed by atoms with van der Waals surface area (Å²) in [5.41, 5.74) is 2.82. The Bertz CT molecular complexity index is 144. The Kier molecular flexibility index (Phi) is 5.79. The molecule has 0 aromatic heterocycles. The van der Waals surface area contributed by atoms with Crippen molar-refractivity contribution in [1.82, 2.24) is 0 Å². The standard InChI is InChI=1S/C12H21/c1-10(2)6-8-12(5)9-7-11(3)4/h6-7H,8-9H2,1-5H3. The molecule has 0 nitrogen and oxygen atoms in total. The average molecular weight is 165 g/mol. The topological polar surface area (TPSA) is 0 Å². The van der Waals surface area contributed by atoms with Crippen LogP contribution >= 0.6 is 0 Å². The molecule has 0 heteroatoms. The summed E-state index contributed by atoms with van der Waals surface area (Å²) in [7, 11) is 0. The van der Waals surface area contributed by atoms with Gasteiger partial charge in [0, 0.05) is 0 Å². The molecular weight excluding hydrogens is 144 g/mol. The van der Waals surface area contributed by atoms with Crippen molar-refractivity contribution in [2.45, 2.75) is 47.5 Å². The lowest BCUT2D eigenvalue weighted by atomic mass is 10.0. The zero-order chi connectivity index (χ0) is 9.56. The molecule has 0 fully saturated rings.